The Morgan fingerprint density at radius 2 is 1.83 bits per heavy atom. The molecule has 1 atom stereocenters. The SMILES string of the molecule is COc1cc2c(cc1OCCCCN1CCN(C(=O)c3nc(-c4ccc(Cl)cc4)n4ccccc34)CC1)N=C[C@@H]1CCCN1C2=O. The first-order valence-corrected chi connectivity index (χ1v) is 16.3. The van der Waals surface area contributed by atoms with Crippen LogP contribution in [0.5, 0.6) is 11.5 Å². The second-order valence-corrected chi connectivity index (χ2v) is 12.4. The number of carbonyl (C=O) groups is 2. The van der Waals surface area contributed by atoms with Gasteiger partial charge in [0, 0.05) is 61.8 Å². The number of halogens is 1. The molecule has 0 radical (unpaired) electrons. The number of fused-ring (bicyclic) bond motifs is 3. The van der Waals surface area contributed by atoms with E-state index in [1.165, 1.54) is 0 Å². The van der Waals surface area contributed by atoms with Gasteiger partial charge in [-0.15, -0.1) is 0 Å². The quantitative estimate of drug-likeness (QED) is 0.221. The molecule has 0 bridgehead atoms. The smallest absolute Gasteiger partial charge is 0.274 e. The second-order valence-electron chi connectivity index (χ2n) is 11.9. The van der Waals surface area contributed by atoms with E-state index in [4.69, 9.17) is 26.1 Å². The highest BCUT2D eigenvalue weighted by atomic mass is 35.5. The summed E-state index contributed by atoms with van der Waals surface area (Å²) in [6.45, 7) is 5.15. The lowest BCUT2D eigenvalue weighted by molar-refractivity contribution is 0.0630. The van der Waals surface area contributed by atoms with Crippen molar-refractivity contribution in [2.45, 2.75) is 31.7 Å². The third-order valence-corrected chi connectivity index (χ3v) is 9.35. The van der Waals surface area contributed by atoms with Gasteiger partial charge in [0.05, 0.1) is 36.5 Å². The Kier molecular flexibility index (Phi) is 8.64. The summed E-state index contributed by atoms with van der Waals surface area (Å²) in [5.74, 6) is 1.83. The van der Waals surface area contributed by atoms with E-state index in [0.717, 1.165) is 68.8 Å². The van der Waals surface area contributed by atoms with E-state index in [1.807, 2.05) is 75.1 Å². The summed E-state index contributed by atoms with van der Waals surface area (Å²) in [5, 5.41) is 0.658. The number of hydrogen-bond donors (Lipinski definition) is 0. The zero-order valence-electron chi connectivity index (χ0n) is 25.9. The molecule has 3 aliphatic rings. The van der Waals surface area contributed by atoms with Crippen LogP contribution in [0.25, 0.3) is 16.9 Å². The van der Waals surface area contributed by atoms with Crippen molar-refractivity contribution in [2.75, 3.05) is 53.0 Å². The number of nitrogens with zero attached hydrogens (tertiary/aromatic N) is 6. The predicted molar refractivity (Wildman–Crippen MR) is 178 cm³/mol. The largest absolute Gasteiger partial charge is 0.493 e. The summed E-state index contributed by atoms with van der Waals surface area (Å²) in [6, 6.07) is 17.0. The first-order chi connectivity index (χ1) is 22.5. The summed E-state index contributed by atoms with van der Waals surface area (Å²) in [6.07, 6.45) is 7.60. The van der Waals surface area contributed by atoms with Gasteiger partial charge in [0.25, 0.3) is 11.8 Å². The summed E-state index contributed by atoms with van der Waals surface area (Å²) in [4.78, 5) is 42.4. The number of imidazole rings is 1. The van der Waals surface area contributed by atoms with Crippen LogP contribution in [0.4, 0.5) is 5.69 Å². The number of hydrogen-bond acceptors (Lipinski definition) is 7. The Hall–Kier alpha value is -4.41. The molecule has 0 unspecified atom stereocenters. The van der Waals surface area contributed by atoms with Crippen LogP contribution in [-0.2, 0) is 0 Å². The molecular weight excluding hydrogens is 604 g/mol. The fourth-order valence-electron chi connectivity index (χ4n) is 6.56. The molecule has 7 rings (SSSR count). The average molecular weight is 641 g/mol. The lowest BCUT2D eigenvalue weighted by atomic mass is 10.1. The minimum absolute atomic E-state index is 0.00241. The zero-order valence-corrected chi connectivity index (χ0v) is 26.7. The van der Waals surface area contributed by atoms with E-state index in [-0.39, 0.29) is 17.9 Å². The van der Waals surface area contributed by atoms with Crippen molar-refractivity contribution >= 4 is 40.8 Å². The van der Waals surface area contributed by atoms with Crippen molar-refractivity contribution in [1.29, 1.82) is 0 Å². The number of piperazine rings is 1. The Morgan fingerprint density at radius 3 is 2.63 bits per heavy atom. The maximum absolute atomic E-state index is 13.6. The molecule has 238 valence electrons. The molecule has 5 heterocycles. The highest BCUT2D eigenvalue weighted by Gasteiger charge is 2.32. The molecule has 2 aromatic heterocycles. The highest BCUT2D eigenvalue weighted by Crippen LogP contribution is 2.38. The molecule has 10 nitrogen and oxygen atoms in total. The van der Waals surface area contributed by atoms with Gasteiger partial charge in [-0.3, -0.25) is 23.9 Å². The molecule has 11 heteroatoms. The van der Waals surface area contributed by atoms with Gasteiger partial charge in [0.2, 0.25) is 0 Å². The molecule has 0 aliphatic carbocycles. The topological polar surface area (TPSA) is 92.0 Å². The summed E-state index contributed by atoms with van der Waals surface area (Å²) < 4.78 is 13.7. The summed E-state index contributed by atoms with van der Waals surface area (Å²) >= 11 is 6.10. The van der Waals surface area contributed by atoms with Gasteiger partial charge in [0.15, 0.2) is 17.2 Å². The van der Waals surface area contributed by atoms with Crippen LogP contribution in [0.3, 0.4) is 0 Å². The monoisotopic (exact) mass is 640 g/mol. The Labute approximate surface area is 273 Å². The third kappa shape index (κ3) is 5.94. The van der Waals surface area contributed by atoms with Gasteiger partial charge in [-0.25, -0.2) is 4.98 Å². The van der Waals surface area contributed by atoms with Crippen LogP contribution in [0.15, 0.2) is 65.8 Å². The number of aromatic nitrogens is 2. The maximum atomic E-state index is 13.6. The van der Waals surface area contributed by atoms with Crippen molar-refractivity contribution in [1.82, 2.24) is 24.1 Å². The number of benzene rings is 2. The van der Waals surface area contributed by atoms with E-state index < -0.39 is 0 Å². The van der Waals surface area contributed by atoms with Crippen LogP contribution >= 0.6 is 11.6 Å². The number of carbonyl (C=O) groups excluding carboxylic acids is 2. The average Bonchev–Trinajstić information content (AvgIpc) is 3.69. The molecule has 2 fully saturated rings. The fourth-order valence-corrected chi connectivity index (χ4v) is 6.69. The highest BCUT2D eigenvalue weighted by molar-refractivity contribution is 6.30. The summed E-state index contributed by atoms with van der Waals surface area (Å²) in [7, 11) is 1.59. The van der Waals surface area contributed by atoms with Crippen molar-refractivity contribution in [3.8, 4) is 22.9 Å². The molecule has 0 saturated carbocycles. The Bertz CT molecular complexity index is 1780. The Morgan fingerprint density at radius 1 is 1.00 bits per heavy atom. The van der Waals surface area contributed by atoms with Crippen molar-refractivity contribution in [3.05, 3.63) is 77.1 Å². The normalized spacial score (nSPS) is 18.0. The Balaban J connectivity index is 0.912. The van der Waals surface area contributed by atoms with Gasteiger partial charge < -0.3 is 19.3 Å². The maximum Gasteiger partial charge on any atom is 0.274 e. The molecule has 2 aromatic carbocycles. The number of amides is 2. The minimum atomic E-state index is -0.0434. The van der Waals surface area contributed by atoms with E-state index in [0.29, 0.717) is 53.2 Å². The van der Waals surface area contributed by atoms with Gasteiger partial charge in [-0.2, -0.15) is 0 Å². The standard InChI is InChI=1S/C35H37ClN6O4/c1-45-30-21-27-28(37-23-26-7-6-15-41(26)34(27)43)22-31(30)46-20-5-4-13-39-16-18-40(19-17-39)35(44)32-29-8-2-3-14-42(29)33(38-32)24-9-11-25(36)12-10-24/h2-3,8-12,14,21-23,26H,4-7,13,15-20H2,1H3/t26-/m0/s1. The second kappa shape index (κ2) is 13.1. The van der Waals surface area contributed by atoms with Crippen LogP contribution in [0.2, 0.25) is 5.02 Å². The van der Waals surface area contributed by atoms with Crippen LogP contribution in [0.1, 0.15) is 46.5 Å². The molecule has 4 aromatic rings. The third-order valence-electron chi connectivity index (χ3n) is 9.10. The zero-order chi connectivity index (χ0) is 31.6. The lowest BCUT2D eigenvalue weighted by Gasteiger charge is -2.34. The van der Waals surface area contributed by atoms with Crippen molar-refractivity contribution < 1.29 is 19.1 Å². The number of pyridine rings is 1. The van der Waals surface area contributed by atoms with Crippen molar-refractivity contribution in [3.63, 3.8) is 0 Å². The number of ether oxygens (including phenoxy) is 2. The van der Waals surface area contributed by atoms with E-state index in [2.05, 4.69) is 9.89 Å². The number of aliphatic imine (C=N–C) groups is 1. The molecule has 2 saturated heterocycles. The predicted octanol–water partition coefficient (Wildman–Crippen LogP) is 5.60. The number of unbranched alkanes of at least 4 members (excludes halogenated alkanes) is 1. The van der Waals surface area contributed by atoms with Crippen LogP contribution < -0.4 is 9.47 Å². The molecule has 0 N–H and O–H groups in total. The molecule has 2 amide bonds. The van der Waals surface area contributed by atoms with Gasteiger partial charge in [-0.05, 0) is 74.7 Å². The summed E-state index contributed by atoms with van der Waals surface area (Å²) in [5.41, 5.74) is 3.37. The molecule has 0 spiro atoms. The number of methoxy groups -OCH3 is 1. The van der Waals surface area contributed by atoms with E-state index in [9.17, 15) is 9.59 Å². The molecular formula is C35H37ClN6O4. The van der Waals surface area contributed by atoms with Gasteiger partial charge >= 0.3 is 0 Å². The lowest BCUT2D eigenvalue weighted by Crippen LogP contribution is -2.49. The van der Waals surface area contributed by atoms with Crippen LogP contribution in [-0.4, -0.2) is 101 Å². The fraction of sp³-hybridized carbons (Fsp3) is 0.371. The van der Waals surface area contributed by atoms with Gasteiger partial charge in [-0.1, -0.05) is 17.7 Å². The minimum Gasteiger partial charge on any atom is -0.493 e. The van der Waals surface area contributed by atoms with E-state index in [1.54, 1.807) is 13.2 Å². The first kappa shape index (κ1) is 30.3. The molecule has 3 aliphatic heterocycles. The van der Waals surface area contributed by atoms with Crippen molar-refractivity contribution in [2.24, 2.45) is 4.99 Å². The van der Waals surface area contributed by atoms with Gasteiger partial charge in [0.1, 0.15) is 5.82 Å². The van der Waals surface area contributed by atoms with Crippen LogP contribution in [0, 0.1) is 0 Å². The van der Waals surface area contributed by atoms with E-state index >= 15 is 0 Å². The molecule has 46 heavy (non-hydrogen) atoms. The number of rotatable bonds is 9. The first-order valence-electron chi connectivity index (χ1n) is 15.9.